The molecule has 7 nitrogen and oxygen atoms in total. The molecule has 0 bridgehead atoms. The number of hydrogen-bond donors (Lipinski definition) is 1. The van der Waals surface area contributed by atoms with Gasteiger partial charge in [-0.15, -0.1) is 0 Å². The zero-order chi connectivity index (χ0) is 16.3. The number of halogens is 3. The average molecular weight is 316 g/mol. The van der Waals surface area contributed by atoms with Crippen LogP contribution in [-0.2, 0) is 17.6 Å². The second-order valence-corrected chi connectivity index (χ2v) is 4.27. The fourth-order valence-electron chi connectivity index (χ4n) is 1.53. The minimum absolute atomic E-state index is 0.0776. The average Bonchev–Trinajstić information content (AvgIpc) is 3.06. The van der Waals surface area contributed by atoms with Gasteiger partial charge >= 0.3 is 12.1 Å². The van der Waals surface area contributed by atoms with E-state index in [0.29, 0.717) is 0 Å². The Morgan fingerprint density at radius 1 is 1.55 bits per heavy atom. The predicted molar refractivity (Wildman–Crippen MR) is 67.7 cm³/mol. The summed E-state index contributed by atoms with van der Waals surface area (Å²) in [6.45, 7) is 1.18. The fourth-order valence-corrected chi connectivity index (χ4v) is 1.53. The van der Waals surface area contributed by atoms with Crippen LogP contribution in [0.4, 0.5) is 13.2 Å². The number of aryl methyl sites for hydroxylation is 1. The number of hydrogen-bond acceptors (Lipinski definition) is 5. The number of nitrogens with two attached hydrogens (primary N) is 1. The molecule has 0 amide bonds. The lowest BCUT2D eigenvalue weighted by Crippen LogP contribution is -2.22. The number of amidine groups is 1. The summed E-state index contributed by atoms with van der Waals surface area (Å²) >= 11 is 0. The third-order valence-electron chi connectivity index (χ3n) is 2.55. The SMILES string of the molecule is Cc1cc(C(F)(F)F)nn1C/C(N)=N/OC(=O)c1ccco1. The molecule has 0 atom stereocenters. The van der Waals surface area contributed by atoms with E-state index in [4.69, 9.17) is 10.2 Å². The van der Waals surface area contributed by atoms with Crippen LogP contribution in [-0.4, -0.2) is 21.6 Å². The van der Waals surface area contributed by atoms with Crippen LogP contribution in [0.2, 0.25) is 0 Å². The van der Waals surface area contributed by atoms with Crippen molar-refractivity contribution < 1.29 is 27.2 Å². The molecule has 0 unspecified atom stereocenters. The molecule has 2 rings (SSSR count). The first-order chi connectivity index (χ1) is 10.3. The van der Waals surface area contributed by atoms with Crippen molar-refractivity contribution in [3.05, 3.63) is 41.6 Å². The van der Waals surface area contributed by atoms with E-state index in [0.717, 1.165) is 10.7 Å². The summed E-state index contributed by atoms with van der Waals surface area (Å²) in [7, 11) is 0. The Morgan fingerprint density at radius 3 is 2.82 bits per heavy atom. The highest BCUT2D eigenvalue weighted by Gasteiger charge is 2.34. The summed E-state index contributed by atoms with van der Waals surface area (Å²) < 4.78 is 43.3. The van der Waals surface area contributed by atoms with Gasteiger partial charge in [0.15, 0.2) is 11.5 Å². The maximum atomic E-state index is 12.5. The van der Waals surface area contributed by atoms with Gasteiger partial charge < -0.3 is 15.0 Å². The third kappa shape index (κ3) is 3.65. The molecule has 22 heavy (non-hydrogen) atoms. The molecule has 0 fully saturated rings. The van der Waals surface area contributed by atoms with Gasteiger partial charge in [0.1, 0.15) is 6.54 Å². The van der Waals surface area contributed by atoms with Crippen LogP contribution in [0.3, 0.4) is 0 Å². The second-order valence-electron chi connectivity index (χ2n) is 4.27. The lowest BCUT2D eigenvalue weighted by Gasteiger charge is -2.04. The molecule has 10 heteroatoms. The monoisotopic (exact) mass is 316 g/mol. The van der Waals surface area contributed by atoms with Gasteiger partial charge in [-0.1, -0.05) is 5.16 Å². The molecule has 2 heterocycles. The van der Waals surface area contributed by atoms with Gasteiger partial charge in [0.25, 0.3) is 0 Å². The molecule has 0 saturated carbocycles. The quantitative estimate of drug-likeness (QED) is 0.402. The van der Waals surface area contributed by atoms with Gasteiger partial charge in [0, 0.05) is 5.69 Å². The van der Waals surface area contributed by atoms with E-state index in [-0.39, 0.29) is 23.8 Å². The Hall–Kier alpha value is -2.78. The molecule has 2 aromatic rings. The van der Waals surface area contributed by atoms with Crippen LogP contribution < -0.4 is 5.73 Å². The third-order valence-corrected chi connectivity index (χ3v) is 2.55. The number of carbonyl (C=O) groups is 1. The Kier molecular flexibility index (Phi) is 4.20. The zero-order valence-electron chi connectivity index (χ0n) is 11.3. The zero-order valence-corrected chi connectivity index (χ0v) is 11.3. The number of oxime groups is 1. The Morgan fingerprint density at radius 2 is 2.27 bits per heavy atom. The normalized spacial score (nSPS) is 12.5. The van der Waals surface area contributed by atoms with E-state index >= 15 is 0 Å². The van der Waals surface area contributed by atoms with Crippen LogP contribution >= 0.6 is 0 Å². The minimum Gasteiger partial charge on any atom is -0.457 e. The molecule has 0 spiro atoms. The van der Waals surface area contributed by atoms with Gasteiger partial charge in [0.05, 0.1) is 6.26 Å². The standard InChI is InChI=1S/C12H11F3N4O3/c1-7-5-9(12(13,14)15)17-19(7)6-10(16)18-22-11(20)8-3-2-4-21-8/h2-5H,6H2,1H3,(H2,16,18). The molecule has 118 valence electrons. The molecule has 0 radical (unpaired) electrons. The van der Waals surface area contributed by atoms with Crippen molar-refractivity contribution in [3.63, 3.8) is 0 Å². The maximum absolute atomic E-state index is 12.5. The lowest BCUT2D eigenvalue weighted by atomic mass is 10.3. The number of alkyl halides is 3. The van der Waals surface area contributed by atoms with Crippen LogP contribution in [0.5, 0.6) is 0 Å². The van der Waals surface area contributed by atoms with Crippen LogP contribution in [0.1, 0.15) is 21.9 Å². The molecule has 0 aromatic carbocycles. The van der Waals surface area contributed by atoms with Gasteiger partial charge in [-0.3, -0.25) is 4.68 Å². The number of rotatable bonds is 4. The van der Waals surface area contributed by atoms with Crippen LogP contribution in [0.25, 0.3) is 0 Å². The fraction of sp³-hybridized carbons (Fsp3) is 0.250. The summed E-state index contributed by atoms with van der Waals surface area (Å²) in [5.74, 6) is -1.17. The summed E-state index contributed by atoms with van der Waals surface area (Å²) in [4.78, 5) is 15.9. The van der Waals surface area contributed by atoms with E-state index in [2.05, 4.69) is 15.1 Å². The Balaban J connectivity index is 2.02. The van der Waals surface area contributed by atoms with Gasteiger partial charge in [-0.25, -0.2) is 4.79 Å². The van der Waals surface area contributed by atoms with Gasteiger partial charge in [-0.05, 0) is 25.1 Å². The van der Waals surface area contributed by atoms with E-state index < -0.39 is 17.8 Å². The van der Waals surface area contributed by atoms with Crippen LogP contribution in [0.15, 0.2) is 34.0 Å². The lowest BCUT2D eigenvalue weighted by molar-refractivity contribution is -0.141. The van der Waals surface area contributed by atoms with Crippen molar-refractivity contribution in [2.45, 2.75) is 19.6 Å². The minimum atomic E-state index is -4.55. The van der Waals surface area contributed by atoms with Crippen LogP contribution in [0, 0.1) is 6.92 Å². The maximum Gasteiger partial charge on any atom is 0.435 e. The summed E-state index contributed by atoms with van der Waals surface area (Å²) in [6, 6.07) is 3.72. The second kappa shape index (κ2) is 5.92. The Bertz CT molecular complexity index is 689. The van der Waals surface area contributed by atoms with Gasteiger partial charge in [-0.2, -0.15) is 18.3 Å². The van der Waals surface area contributed by atoms with E-state index in [1.807, 2.05) is 0 Å². The number of nitrogens with zero attached hydrogens (tertiary/aromatic N) is 3. The largest absolute Gasteiger partial charge is 0.457 e. The van der Waals surface area contributed by atoms with Crippen molar-refractivity contribution >= 4 is 11.8 Å². The number of carbonyl (C=O) groups excluding carboxylic acids is 1. The highest BCUT2D eigenvalue weighted by molar-refractivity contribution is 5.87. The molecule has 2 N–H and O–H groups in total. The summed E-state index contributed by atoms with van der Waals surface area (Å²) in [6.07, 6.45) is -3.27. The molecule has 0 aliphatic carbocycles. The molecule has 0 saturated heterocycles. The van der Waals surface area contributed by atoms with Crippen molar-refractivity contribution in [1.29, 1.82) is 0 Å². The molecular weight excluding hydrogens is 305 g/mol. The van der Waals surface area contributed by atoms with Crippen molar-refractivity contribution in [2.24, 2.45) is 10.9 Å². The van der Waals surface area contributed by atoms with Crippen molar-refractivity contribution in [2.75, 3.05) is 0 Å². The highest BCUT2D eigenvalue weighted by atomic mass is 19.4. The van der Waals surface area contributed by atoms with Crippen molar-refractivity contribution in [1.82, 2.24) is 9.78 Å². The molecule has 0 aliphatic heterocycles. The van der Waals surface area contributed by atoms with Crippen molar-refractivity contribution in [3.8, 4) is 0 Å². The van der Waals surface area contributed by atoms with E-state index in [9.17, 15) is 18.0 Å². The summed E-state index contributed by atoms with van der Waals surface area (Å²) in [5.41, 5.74) is 4.70. The van der Waals surface area contributed by atoms with E-state index in [1.165, 1.54) is 25.3 Å². The van der Waals surface area contributed by atoms with E-state index in [1.54, 1.807) is 0 Å². The van der Waals surface area contributed by atoms with Gasteiger partial charge in [0.2, 0.25) is 5.76 Å². The topological polar surface area (TPSA) is 95.6 Å². The first kappa shape index (κ1) is 15.6. The number of aromatic nitrogens is 2. The first-order valence-corrected chi connectivity index (χ1v) is 5.96. The molecular formula is C12H11F3N4O3. The smallest absolute Gasteiger partial charge is 0.435 e. The Labute approximate surface area is 122 Å². The summed E-state index contributed by atoms with van der Waals surface area (Å²) in [5, 5.41) is 6.70. The molecule has 0 aliphatic rings. The molecule has 2 aromatic heterocycles. The predicted octanol–water partition coefficient (Wildman–Crippen LogP) is 1.93. The highest BCUT2D eigenvalue weighted by Crippen LogP contribution is 2.28. The number of furan rings is 1. The first-order valence-electron chi connectivity index (χ1n) is 5.96.